The van der Waals surface area contributed by atoms with E-state index in [9.17, 15) is 4.79 Å². The Labute approximate surface area is 179 Å². The molecular weight excluding hydrogens is 398 g/mol. The average molecular weight is 423 g/mol. The summed E-state index contributed by atoms with van der Waals surface area (Å²) >= 11 is 0. The number of ether oxygens (including phenoxy) is 2. The van der Waals surface area contributed by atoms with Crippen molar-refractivity contribution in [2.45, 2.75) is 37.8 Å². The molecule has 1 N–H and O–H groups in total. The number of benzene rings is 1. The molecule has 3 aromatic rings. The molecule has 2 aromatic heterocycles. The van der Waals surface area contributed by atoms with E-state index in [4.69, 9.17) is 13.9 Å². The van der Waals surface area contributed by atoms with Crippen molar-refractivity contribution in [2.75, 3.05) is 31.2 Å². The van der Waals surface area contributed by atoms with E-state index in [1.54, 1.807) is 12.4 Å². The molecular formula is C22H25N5O4. The fraction of sp³-hybridized carbons (Fsp3) is 0.455. The number of hydrogen-bond donors (Lipinski definition) is 1. The molecule has 0 atom stereocenters. The summed E-state index contributed by atoms with van der Waals surface area (Å²) in [5, 5.41) is 3.00. The number of morpholine rings is 1. The number of fused-ring (bicyclic) bond motifs is 1. The molecule has 1 aliphatic carbocycles. The number of rotatable bonds is 5. The highest BCUT2D eigenvalue weighted by Gasteiger charge is 2.26. The Bertz CT molecular complexity index is 1030. The van der Waals surface area contributed by atoms with Crippen molar-refractivity contribution < 1.29 is 18.7 Å². The predicted octanol–water partition coefficient (Wildman–Crippen LogP) is 2.57. The van der Waals surface area contributed by atoms with Crippen LogP contribution in [0.1, 0.15) is 36.4 Å². The van der Waals surface area contributed by atoms with Crippen molar-refractivity contribution in [1.29, 1.82) is 0 Å². The molecule has 9 nitrogen and oxygen atoms in total. The molecule has 1 saturated heterocycles. The number of nitrogens with zero attached hydrogens (tertiary/aromatic N) is 4. The topological polar surface area (TPSA) is 103 Å². The van der Waals surface area contributed by atoms with Gasteiger partial charge in [-0.15, -0.1) is 0 Å². The molecule has 31 heavy (non-hydrogen) atoms. The highest BCUT2D eigenvalue weighted by atomic mass is 16.5. The first-order chi connectivity index (χ1) is 15.3. The van der Waals surface area contributed by atoms with Crippen molar-refractivity contribution in [3.63, 3.8) is 0 Å². The Balaban J connectivity index is 1.26. The molecule has 5 rings (SSSR count). The van der Waals surface area contributed by atoms with Crippen molar-refractivity contribution >= 4 is 22.6 Å². The van der Waals surface area contributed by atoms with E-state index in [0.717, 1.165) is 74.5 Å². The molecule has 162 valence electrons. The summed E-state index contributed by atoms with van der Waals surface area (Å²) in [5.41, 5.74) is 2.69. The van der Waals surface area contributed by atoms with Gasteiger partial charge in [-0.3, -0.25) is 9.78 Å². The maximum Gasteiger partial charge on any atom is 0.307 e. The van der Waals surface area contributed by atoms with Gasteiger partial charge in [0.15, 0.2) is 0 Å². The van der Waals surface area contributed by atoms with E-state index in [1.165, 1.54) is 12.5 Å². The van der Waals surface area contributed by atoms with Crippen molar-refractivity contribution in [3.8, 4) is 5.75 Å². The van der Waals surface area contributed by atoms with Gasteiger partial charge < -0.3 is 24.1 Å². The van der Waals surface area contributed by atoms with Crippen LogP contribution in [0.15, 0.2) is 41.4 Å². The second kappa shape index (κ2) is 8.89. The van der Waals surface area contributed by atoms with Crippen molar-refractivity contribution in [3.05, 3.63) is 42.9 Å². The number of aromatic nitrogens is 3. The number of anilines is 1. The monoisotopic (exact) mass is 423 g/mol. The molecule has 3 heterocycles. The number of carbonyl (C=O) groups excluding carboxylic acids is 1. The molecule has 1 aliphatic heterocycles. The number of oxazole rings is 1. The molecule has 1 saturated carbocycles. The summed E-state index contributed by atoms with van der Waals surface area (Å²) in [6, 6.07) is 4.23. The molecule has 0 radical (unpaired) electrons. The molecule has 0 spiro atoms. The Morgan fingerprint density at radius 1 is 1.03 bits per heavy atom. The van der Waals surface area contributed by atoms with Gasteiger partial charge in [0.05, 0.1) is 31.0 Å². The van der Waals surface area contributed by atoms with Gasteiger partial charge in [0.2, 0.25) is 0 Å². The molecule has 1 amide bonds. The Kier molecular flexibility index (Phi) is 5.66. The van der Waals surface area contributed by atoms with Gasteiger partial charge in [-0.1, -0.05) is 0 Å². The minimum Gasteiger partial charge on any atom is -0.488 e. The van der Waals surface area contributed by atoms with Crippen molar-refractivity contribution in [2.24, 2.45) is 0 Å². The van der Waals surface area contributed by atoms with Crippen LogP contribution in [-0.2, 0) is 4.74 Å². The van der Waals surface area contributed by atoms with Crippen LogP contribution in [0.2, 0.25) is 0 Å². The normalized spacial score (nSPS) is 21.7. The smallest absolute Gasteiger partial charge is 0.307 e. The minimum absolute atomic E-state index is 0.0695. The number of amides is 1. The van der Waals surface area contributed by atoms with Crippen LogP contribution in [0.25, 0.3) is 11.0 Å². The standard InChI is InChI=1S/C22H25N5O4/c28-21(22-25-7-10-30-22)26-15-1-3-17(4-2-15)31-19-14-16(27-8-11-29-12-9-27)13-18-20(19)24-6-5-23-18/h5-7,10,13-15,17H,1-4,8-9,11-12H2,(H,26,28)/t15-,17+. The average Bonchev–Trinajstić information content (AvgIpc) is 3.36. The molecule has 1 aromatic carbocycles. The first kappa shape index (κ1) is 19.7. The summed E-state index contributed by atoms with van der Waals surface area (Å²) < 4.78 is 17.0. The lowest BCUT2D eigenvalue weighted by Crippen LogP contribution is -2.39. The molecule has 9 heteroatoms. The lowest BCUT2D eigenvalue weighted by atomic mass is 9.93. The maximum absolute atomic E-state index is 12.2. The minimum atomic E-state index is -0.270. The summed E-state index contributed by atoms with van der Waals surface area (Å²) in [6.45, 7) is 3.14. The van der Waals surface area contributed by atoms with E-state index in [-0.39, 0.29) is 23.9 Å². The zero-order chi connectivity index (χ0) is 21.0. The predicted molar refractivity (Wildman–Crippen MR) is 113 cm³/mol. The highest BCUT2D eigenvalue weighted by Crippen LogP contribution is 2.33. The zero-order valence-electron chi connectivity index (χ0n) is 17.2. The fourth-order valence-electron chi connectivity index (χ4n) is 4.21. The summed E-state index contributed by atoms with van der Waals surface area (Å²) in [4.78, 5) is 27.4. The second-order valence-corrected chi connectivity index (χ2v) is 7.87. The SMILES string of the molecule is O=C(N[C@H]1CC[C@@H](Oc2cc(N3CCOCC3)cc3nccnc23)CC1)c1ncco1. The summed E-state index contributed by atoms with van der Waals surface area (Å²) in [6.07, 6.45) is 9.71. The number of nitrogens with one attached hydrogen (secondary N) is 1. The largest absolute Gasteiger partial charge is 0.488 e. The van der Waals surface area contributed by atoms with Gasteiger partial charge in [0, 0.05) is 43.3 Å². The van der Waals surface area contributed by atoms with Crippen LogP contribution in [0.5, 0.6) is 5.75 Å². The number of carbonyl (C=O) groups is 1. The molecule has 2 fully saturated rings. The molecule has 0 unspecified atom stereocenters. The lowest BCUT2D eigenvalue weighted by molar-refractivity contribution is 0.0861. The lowest BCUT2D eigenvalue weighted by Gasteiger charge is -2.31. The van der Waals surface area contributed by atoms with Gasteiger partial charge in [0.25, 0.3) is 5.89 Å². The Hall–Kier alpha value is -3.20. The van der Waals surface area contributed by atoms with E-state index >= 15 is 0 Å². The van der Waals surface area contributed by atoms with Crippen LogP contribution >= 0.6 is 0 Å². The van der Waals surface area contributed by atoms with Gasteiger partial charge >= 0.3 is 5.91 Å². The van der Waals surface area contributed by atoms with Crippen LogP contribution in [-0.4, -0.2) is 59.3 Å². The van der Waals surface area contributed by atoms with Crippen LogP contribution in [0.3, 0.4) is 0 Å². The van der Waals surface area contributed by atoms with E-state index in [0.29, 0.717) is 0 Å². The molecule has 2 aliphatic rings. The third-order valence-corrected chi connectivity index (χ3v) is 5.83. The molecule has 0 bridgehead atoms. The zero-order valence-corrected chi connectivity index (χ0v) is 17.2. The van der Waals surface area contributed by atoms with Gasteiger partial charge in [0.1, 0.15) is 17.5 Å². The Morgan fingerprint density at radius 2 is 1.84 bits per heavy atom. The second-order valence-electron chi connectivity index (χ2n) is 7.87. The maximum atomic E-state index is 12.2. The summed E-state index contributed by atoms with van der Waals surface area (Å²) in [5.74, 6) is 0.594. The summed E-state index contributed by atoms with van der Waals surface area (Å²) in [7, 11) is 0. The third-order valence-electron chi connectivity index (χ3n) is 5.83. The quantitative estimate of drug-likeness (QED) is 0.668. The van der Waals surface area contributed by atoms with Gasteiger partial charge in [-0.25, -0.2) is 9.97 Å². The van der Waals surface area contributed by atoms with E-state index < -0.39 is 0 Å². The highest BCUT2D eigenvalue weighted by molar-refractivity contribution is 5.89. The van der Waals surface area contributed by atoms with Crippen molar-refractivity contribution in [1.82, 2.24) is 20.3 Å². The Morgan fingerprint density at radius 3 is 2.61 bits per heavy atom. The van der Waals surface area contributed by atoms with Gasteiger partial charge in [-0.05, 0) is 31.7 Å². The van der Waals surface area contributed by atoms with E-state index in [1.807, 2.05) is 0 Å². The van der Waals surface area contributed by atoms with Crippen LogP contribution in [0.4, 0.5) is 5.69 Å². The van der Waals surface area contributed by atoms with Gasteiger partial charge in [-0.2, -0.15) is 0 Å². The first-order valence-electron chi connectivity index (χ1n) is 10.7. The first-order valence-corrected chi connectivity index (χ1v) is 10.7. The van der Waals surface area contributed by atoms with E-state index in [2.05, 4.69) is 37.3 Å². The third kappa shape index (κ3) is 4.46. The van der Waals surface area contributed by atoms with Crippen LogP contribution in [0, 0.1) is 0 Å². The number of hydrogen-bond acceptors (Lipinski definition) is 8. The van der Waals surface area contributed by atoms with Crippen LogP contribution < -0.4 is 15.0 Å². The fourth-order valence-corrected chi connectivity index (χ4v) is 4.21.